The third-order valence-electron chi connectivity index (χ3n) is 3.00. The summed E-state index contributed by atoms with van der Waals surface area (Å²) in [6.07, 6.45) is 5.28. The van der Waals surface area contributed by atoms with Gasteiger partial charge in [0.2, 0.25) is 0 Å². The van der Waals surface area contributed by atoms with Crippen molar-refractivity contribution in [2.75, 3.05) is 13.1 Å². The molecule has 0 bridgehead atoms. The van der Waals surface area contributed by atoms with Gasteiger partial charge < -0.3 is 4.90 Å². The number of fused-ring (bicyclic) bond motifs is 1. The van der Waals surface area contributed by atoms with Crippen molar-refractivity contribution in [2.45, 2.75) is 6.92 Å². The molecule has 0 aliphatic heterocycles. The zero-order valence-corrected chi connectivity index (χ0v) is 12.3. The van der Waals surface area contributed by atoms with E-state index in [2.05, 4.69) is 21.9 Å². The molecular formula is C16H14BrNO. The zero-order valence-electron chi connectivity index (χ0n) is 10.7. The summed E-state index contributed by atoms with van der Waals surface area (Å²) in [4.78, 5) is 14.0. The summed E-state index contributed by atoms with van der Waals surface area (Å²) in [5, 5.41) is 2.15. The normalized spacial score (nSPS) is 10.2. The fourth-order valence-electron chi connectivity index (χ4n) is 1.97. The number of amides is 1. The molecule has 0 aromatic heterocycles. The van der Waals surface area contributed by atoms with Crippen LogP contribution in [0.5, 0.6) is 0 Å². The second-order valence-electron chi connectivity index (χ2n) is 4.23. The standard InChI is InChI=1S/C16H14BrNO/c1-3-9-18(4-2)16(19)14-6-5-13-11-15(17)8-7-12(13)10-14/h1,5-8,10-11H,4,9H2,2H3. The number of rotatable bonds is 3. The van der Waals surface area contributed by atoms with Gasteiger partial charge in [-0.3, -0.25) is 4.79 Å². The molecule has 0 radical (unpaired) electrons. The van der Waals surface area contributed by atoms with E-state index < -0.39 is 0 Å². The summed E-state index contributed by atoms with van der Waals surface area (Å²) in [6.45, 7) is 2.88. The van der Waals surface area contributed by atoms with Crippen molar-refractivity contribution in [2.24, 2.45) is 0 Å². The molecule has 96 valence electrons. The molecule has 19 heavy (non-hydrogen) atoms. The molecule has 0 fully saturated rings. The number of benzene rings is 2. The van der Waals surface area contributed by atoms with Gasteiger partial charge >= 0.3 is 0 Å². The lowest BCUT2D eigenvalue weighted by Gasteiger charge is -2.18. The molecule has 0 atom stereocenters. The second kappa shape index (κ2) is 5.90. The Kier molecular flexibility index (Phi) is 4.24. The van der Waals surface area contributed by atoms with E-state index in [0.29, 0.717) is 18.7 Å². The monoisotopic (exact) mass is 315 g/mol. The highest BCUT2D eigenvalue weighted by atomic mass is 79.9. The average molecular weight is 316 g/mol. The fourth-order valence-corrected chi connectivity index (χ4v) is 2.35. The van der Waals surface area contributed by atoms with Gasteiger partial charge in [0.05, 0.1) is 6.54 Å². The molecule has 0 saturated carbocycles. The Labute approximate surface area is 121 Å². The van der Waals surface area contributed by atoms with E-state index in [0.717, 1.165) is 15.2 Å². The Balaban J connectivity index is 2.38. The number of carbonyl (C=O) groups is 1. The number of halogens is 1. The van der Waals surface area contributed by atoms with Crippen molar-refractivity contribution >= 4 is 32.6 Å². The molecule has 0 unspecified atom stereocenters. The summed E-state index contributed by atoms with van der Waals surface area (Å²) in [6, 6.07) is 11.7. The lowest BCUT2D eigenvalue weighted by molar-refractivity contribution is 0.0785. The number of hydrogen-bond acceptors (Lipinski definition) is 1. The summed E-state index contributed by atoms with van der Waals surface area (Å²) in [7, 11) is 0. The van der Waals surface area contributed by atoms with Gasteiger partial charge in [-0.25, -0.2) is 0 Å². The van der Waals surface area contributed by atoms with Crippen molar-refractivity contribution in [1.29, 1.82) is 0 Å². The SMILES string of the molecule is C#CCN(CC)C(=O)c1ccc2cc(Br)ccc2c1. The number of terminal acetylenes is 1. The summed E-state index contributed by atoms with van der Waals surface area (Å²) >= 11 is 3.44. The first-order chi connectivity index (χ1) is 9.15. The molecule has 0 heterocycles. The van der Waals surface area contributed by atoms with Gasteiger partial charge in [0.1, 0.15) is 0 Å². The van der Waals surface area contributed by atoms with E-state index in [1.54, 1.807) is 4.90 Å². The predicted octanol–water partition coefficient (Wildman–Crippen LogP) is 3.70. The fraction of sp³-hybridized carbons (Fsp3) is 0.188. The van der Waals surface area contributed by atoms with Gasteiger partial charge in [-0.15, -0.1) is 6.42 Å². The van der Waals surface area contributed by atoms with Crippen LogP contribution in [-0.2, 0) is 0 Å². The van der Waals surface area contributed by atoms with Gasteiger partial charge in [-0.05, 0) is 42.0 Å². The molecule has 0 N–H and O–H groups in total. The van der Waals surface area contributed by atoms with Crippen molar-refractivity contribution in [3.63, 3.8) is 0 Å². The van der Waals surface area contributed by atoms with Crippen molar-refractivity contribution < 1.29 is 4.79 Å². The highest BCUT2D eigenvalue weighted by Gasteiger charge is 2.13. The summed E-state index contributed by atoms with van der Waals surface area (Å²) in [5.41, 5.74) is 0.673. The molecule has 0 aliphatic rings. The van der Waals surface area contributed by atoms with E-state index in [4.69, 9.17) is 6.42 Å². The smallest absolute Gasteiger partial charge is 0.254 e. The Morgan fingerprint density at radius 2 is 1.95 bits per heavy atom. The van der Waals surface area contributed by atoms with Crippen molar-refractivity contribution in [1.82, 2.24) is 4.90 Å². The summed E-state index contributed by atoms with van der Waals surface area (Å²) < 4.78 is 1.03. The minimum Gasteiger partial charge on any atom is -0.328 e. The molecule has 2 nitrogen and oxygen atoms in total. The van der Waals surface area contributed by atoms with Crippen LogP contribution in [-0.4, -0.2) is 23.9 Å². The molecule has 2 aromatic rings. The highest BCUT2D eigenvalue weighted by molar-refractivity contribution is 9.10. The minimum atomic E-state index is -0.0229. The topological polar surface area (TPSA) is 20.3 Å². The third-order valence-corrected chi connectivity index (χ3v) is 3.49. The van der Waals surface area contributed by atoms with Crippen LogP contribution in [0, 0.1) is 12.3 Å². The maximum absolute atomic E-state index is 12.3. The predicted molar refractivity (Wildman–Crippen MR) is 82.1 cm³/mol. The zero-order chi connectivity index (χ0) is 13.8. The van der Waals surface area contributed by atoms with E-state index in [9.17, 15) is 4.79 Å². The number of hydrogen-bond donors (Lipinski definition) is 0. The van der Waals surface area contributed by atoms with Gasteiger partial charge in [0.25, 0.3) is 5.91 Å². The van der Waals surface area contributed by atoms with Crippen LogP contribution in [0.25, 0.3) is 10.8 Å². The Bertz CT molecular complexity index is 657. The second-order valence-corrected chi connectivity index (χ2v) is 5.15. The molecule has 3 heteroatoms. The first kappa shape index (κ1) is 13.6. The molecule has 1 amide bonds. The van der Waals surface area contributed by atoms with Crippen LogP contribution in [0.1, 0.15) is 17.3 Å². The first-order valence-electron chi connectivity index (χ1n) is 6.07. The Hall–Kier alpha value is -1.79. The molecule has 0 saturated heterocycles. The van der Waals surface area contributed by atoms with E-state index >= 15 is 0 Å². The van der Waals surface area contributed by atoms with Crippen LogP contribution in [0.3, 0.4) is 0 Å². The summed E-state index contributed by atoms with van der Waals surface area (Å²) in [5.74, 6) is 2.49. The van der Waals surface area contributed by atoms with E-state index in [1.165, 1.54) is 0 Å². The van der Waals surface area contributed by atoms with Crippen LogP contribution >= 0.6 is 15.9 Å². The molecule has 2 aromatic carbocycles. The van der Waals surface area contributed by atoms with Crippen LogP contribution in [0.15, 0.2) is 40.9 Å². The lowest BCUT2D eigenvalue weighted by Crippen LogP contribution is -2.31. The van der Waals surface area contributed by atoms with E-state index in [1.807, 2.05) is 43.3 Å². The minimum absolute atomic E-state index is 0.0229. The third kappa shape index (κ3) is 2.97. The quantitative estimate of drug-likeness (QED) is 0.791. The molecular weight excluding hydrogens is 302 g/mol. The maximum atomic E-state index is 12.3. The molecule has 0 aliphatic carbocycles. The van der Waals surface area contributed by atoms with Gasteiger partial charge in [-0.2, -0.15) is 0 Å². The van der Waals surface area contributed by atoms with Gasteiger partial charge in [0.15, 0.2) is 0 Å². The van der Waals surface area contributed by atoms with Crippen molar-refractivity contribution in [3.8, 4) is 12.3 Å². The van der Waals surface area contributed by atoms with Crippen LogP contribution < -0.4 is 0 Å². The number of nitrogens with zero attached hydrogens (tertiary/aromatic N) is 1. The van der Waals surface area contributed by atoms with Crippen molar-refractivity contribution in [3.05, 3.63) is 46.4 Å². The Morgan fingerprint density at radius 3 is 2.63 bits per heavy atom. The average Bonchev–Trinajstić information content (AvgIpc) is 2.43. The lowest BCUT2D eigenvalue weighted by atomic mass is 10.1. The first-order valence-corrected chi connectivity index (χ1v) is 6.87. The largest absolute Gasteiger partial charge is 0.328 e. The van der Waals surface area contributed by atoms with Gasteiger partial charge in [0, 0.05) is 16.6 Å². The van der Waals surface area contributed by atoms with Gasteiger partial charge in [-0.1, -0.05) is 34.0 Å². The maximum Gasteiger partial charge on any atom is 0.254 e. The Morgan fingerprint density at radius 1 is 1.26 bits per heavy atom. The number of carbonyl (C=O) groups excluding carboxylic acids is 1. The highest BCUT2D eigenvalue weighted by Crippen LogP contribution is 2.21. The molecule has 2 rings (SSSR count). The van der Waals surface area contributed by atoms with E-state index in [-0.39, 0.29) is 5.91 Å². The van der Waals surface area contributed by atoms with Crippen LogP contribution in [0.2, 0.25) is 0 Å². The van der Waals surface area contributed by atoms with Crippen LogP contribution in [0.4, 0.5) is 0 Å². The molecule has 0 spiro atoms.